The van der Waals surface area contributed by atoms with Gasteiger partial charge in [-0.1, -0.05) is 20.8 Å². The summed E-state index contributed by atoms with van der Waals surface area (Å²) in [5.41, 5.74) is -0.565. The summed E-state index contributed by atoms with van der Waals surface area (Å²) in [5, 5.41) is 18.5. The van der Waals surface area contributed by atoms with Gasteiger partial charge < -0.3 is 5.11 Å². The molecule has 0 bridgehead atoms. The molecule has 1 fully saturated rings. The zero-order valence-electron chi connectivity index (χ0n) is 7.39. The zero-order chi connectivity index (χ0) is 8.70. The van der Waals surface area contributed by atoms with E-state index in [1.165, 1.54) is 0 Å². The van der Waals surface area contributed by atoms with Gasteiger partial charge in [-0.2, -0.15) is 5.26 Å². The molecule has 0 aliphatic heterocycles. The Morgan fingerprint density at radius 1 is 1.45 bits per heavy atom. The van der Waals surface area contributed by atoms with Crippen molar-refractivity contribution in [1.82, 2.24) is 0 Å². The minimum absolute atomic E-state index is 0.160. The van der Waals surface area contributed by atoms with Crippen LogP contribution in [0.15, 0.2) is 0 Å². The summed E-state index contributed by atoms with van der Waals surface area (Å²) >= 11 is 0. The van der Waals surface area contributed by atoms with Crippen LogP contribution in [-0.4, -0.2) is 11.2 Å². The maximum atomic E-state index is 9.75. The molecule has 1 unspecified atom stereocenters. The van der Waals surface area contributed by atoms with Crippen molar-refractivity contribution in [2.75, 3.05) is 0 Å². The minimum Gasteiger partial charge on any atom is -0.391 e. The molecule has 1 rings (SSSR count). The van der Waals surface area contributed by atoms with Crippen LogP contribution in [0.5, 0.6) is 0 Å². The molecule has 0 aromatic heterocycles. The summed E-state index contributed by atoms with van der Waals surface area (Å²) in [6.45, 7) is 5.90. The van der Waals surface area contributed by atoms with Crippen LogP contribution < -0.4 is 0 Å². The molecule has 0 saturated heterocycles. The fourth-order valence-corrected chi connectivity index (χ4v) is 1.41. The molecule has 1 aliphatic carbocycles. The lowest BCUT2D eigenvalue weighted by molar-refractivity contribution is 0.0205. The van der Waals surface area contributed by atoms with Gasteiger partial charge in [-0.25, -0.2) is 0 Å². The van der Waals surface area contributed by atoms with Crippen molar-refractivity contribution in [1.29, 1.82) is 5.26 Å². The van der Waals surface area contributed by atoms with Gasteiger partial charge in [0, 0.05) is 0 Å². The highest BCUT2D eigenvalue weighted by Gasteiger charge is 2.53. The second-order valence-electron chi connectivity index (χ2n) is 4.54. The minimum atomic E-state index is -0.472. The summed E-state index contributed by atoms with van der Waals surface area (Å²) in [6, 6.07) is 2.21. The van der Waals surface area contributed by atoms with Gasteiger partial charge in [0.15, 0.2) is 0 Å². The first-order chi connectivity index (χ1) is 4.92. The van der Waals surface area contributed by atoms with Gasteiger partial charge in [-0.15, -0.1) is 0 Å². The lowest BCUT2D eigenvalue weighted by Crippen LogP contribution is -2.34. The maximum absolute atomic E-state index is 9.75. The molecule has 11 heavy (non-hydrogen) atoms. The summed E-state index contributed by atoms with van der Waals surface area (Å²) in [6.07, 6.45) is 1.25. The fraction of sp³-hybridized carbons (Fsp3) is 0.889. The van der Waals surface area contributed by atoms with Crippen LogP contribution >= 0.6 is 0 Å². The number of hydrogen-bond acceptors (Lipinski definition) is 2. The smallest absolute Gasteiger partial charge is 0.0838 e. The van der Waals surface area contributed by atoms with Gasteiger partial charge in [0.25, 0.3) is 0 Å². The molecule has 2 nitrogen and oxygen atoms in total. The fourth-order valence-electron chi connectivity index (χ4n) is 1.41. The van der Waals surface area contributed by atoms with Gasteiger partial charge in [0.1, 0.15) is 0 Å². The maximum Gasteiger partial charge on any atom is 0.0838 e. The van der Waals surface area contributed by atoms with E-state index in [9.17, 15) is 5.11 Å². The zero-order valence-corrected chi connectivity index (χ0v) is 7.39. The van der Waals surface area contributed by atoms with Gasteiger partial charge in [-0.3, -0.25) is 0 Å². The molecule has 1 atom stereocenters. The number of aliphatic hydroxyl groups is 1. The number of hydrogen-bond donors (Lipinski definition) is 1. The van der Waals surface area contributed by atoms with Crippen molar-refractivity contribution in [3.05, 3.63) is 0 Å². The second kappa shape index (κ2) is 2.22. The third kappa shape index (κ3) is 1.39. The highest BCUT2D eigenvalue weighted by Crippen LogP contribution is 2.52. The van der Waals surface area contributed by atoms with E-state index in [4.69, 9.17) is 5.26 Å². The first-order valence-electron chi connectivity index (χ1n) is 4.02. The highest BCUT2D eigenvalue weighted by molar-refractivity contribution is 5.15. The van der Waals surface area contributed by atoms with E-state index in [2.05, 4.69) is 6.07 Å². The van der Waals surface area contributed by atoms with Gasteiger partial charge >= 0.3 is 0 Å². The Hall–Kier alpha value is -0.550. The molecule has 2 heteroatoms. The average molecular weight is 153 g/mol. The Bertz CT molecular complexity index is 193. The van der Waals surface area contributed by atoms with Crippen molar-refractivity contribution < 1.29 is 5.11 Å². The van der Waals surface area contributed by atoms with Gasteiger partial charge in [-0.05, 0) is 18.3 Å². The van der Waals surface area contributed by atoms with Crippen molar-refractivity contribution >= 4 is 0 Å². The standard InChI is InChI=1S/C9H15NO/c1-8(2,3)7(11)9(6-10)4-5-9/h7,11H,4-5H2,1-3H3. The molecule has 62 valence electrons. The van der Waals surface area contributed by atoms with Crippen LogP contribution in [0.3, 0.4) is 0 Å². The lowest BCUT2D eigenvalue weighted by Gasteiger charge is -2.29. The Morgan fingerprint density at radius 2 is 1.91 bits per heavy atom. The Morgan fingerprint density at radius 3 is 2.00 bits per heavy atom. The van der Waals surface area contributed by atoms with Crippen molar-refractivity contribution in [3.63, 3.8) is 0 Å². The monoisotopic (exact) mass is 153 g/mol. The van der Waals surface area contributed by atoms with Crippen molar-refractivity contribution in [2.24, 2.45) is 10.8 Å². The molecule has 1 N–H and O–H groups in total. The predicted octanol–water partition coefficient (Wildman–Crippen LogP) is 1.70. The van der Waals surface area contributed by atoms with E-state index in [1.54, 1.807) is 0 Å². The lowest BCUT2D eigenvalue weighted by atomic mass is 9.80. The molecule has 1 saturated carbocycles. The van der Waals surface area contributed by atoms with Crippen LogP contribution in [0, 0.1) is 22.2 Å². The van der Waals surface area contributed by atoms with Crippen LogP contribution in [0.4, 0.5) is 0 Å². The normalized spacial score (nSPS) is 23.9. The highest BCUT2D eigenvalue weighted by atomic mass is 16.3. The third-order valence-electron chi connectivity index (χ3n) is 2.36. The Balaban J connectivity index is 2.70. The van der Waals surface area contributed by atoms with Gasteiger partial charge in [0.05, 0.1) is 17.6 Å². The summed E-state index contributed by atoms with van der Waals surface area (Å²) < 4.78 is 0. The molecule has 1 aliphatic rings. The first-order valence-corrected chi connectivity index (χ1v) is 4.02. The van der Waals surface area contributed by atoms with Crippen LogP contribution in [-0.2, 0) is 0 Å². The predicted molar refractivity (Wildman–Crippen MR) is 42.7 cm³/mol. The molecular formula is C9H15NO. The van der Waals surface area contributed by atoms with E-state index in [0.29, 0.717) is 0 Å². The molecule has 0 spiro atoms. The topological polar surface area (TPSA) is 44.0 Å². The van der Waals surface area contributed by atoms with Crippen LogP contribution in [0.25, 0.3) is 0 Å². The molecule has 0 radical (unpaired) electrons. The van der Waals surface area contributed by atoms with E-state index in [1.807, 2.05) is 20.8 Å². The van der Waals surface area contributed by atoms with Crippen molar-refractivity contribution in [2.45, 2.75) is 39.7 Å². The first kappa shape index (κ1) is 8.55. The largest absolute Gasteiger partial charge is 0.391 e. The Kier molecular flexibility index (Phi) is 1.72. The molecule has 0 aromatic rings. The quantitative estimate of drug-likeness (QED) is 0.623. The number of nitriles is 1. The summed E-state index contributed by atoms with van der Waals surface area (Å²) in [4.78, 5) is 0. The van der Waals surface area contributed by atoms with Crippen molar-refractivity contribution in [3.8, 4) is 6.07 Å². The van der Waals surface area contributed by atoms with Gasteiger partial charge in [0.2, 0.25) is 0 Å². The van der Waals surface area contributed by atoms with E-state index in [-0.39, 0.29) is 5.41 Å². The Labute approximate surface area is 67.8 Å². The van der Waals surface area contributed by atoms with Crippen LogP contribution in [0.2, 0.25) is 0 Å². The number of aliphatic hydroxyl groups excluding tert-OH is 1. The molecule has 0 aromatic carbocycles. The van der Waals surface area contributed by atoms with E-state index >= 15 is 0 Å². The van der Waals surface area contributed by atoms with E-state index in [0.717, 1.165) is 12.8 Å². The molecule has 0 heterocycles. The summed E-state index contributed by atoms with van der Waals surface area (Å²) in [7, 11) is 0. The molecular weight excluding hydrogens is 138 g/mol. The second-order valence-corrected chi connectivity index (χ2v) is 4.54. The average Bonchev–Trinajstić information content (AvgIpc) is 2.64. The molecule has 0 amide bonds. The van der Waals surface area contributed by atoms with E-state index < -0.39 is 11.5 Å². The SMILES string of the molecule is CC(C)(C)C(O)C1(C#N)CC1. The summed E-state index contributed by atoms with van der Waals surface area (Å²) in [5.74, 6) is 0. The third-order valence-corrected chi connectivity index (χ3v) is 2.36. The number of rotatable bonds is 1. The van der Waals surface area contributed by atoms with Crippen LogP contribution in [0.1, 0.15) is 33.6 Å². The number of nitrogens with zero attached hydrogens (tertiary/aromatic N) is 1.